The van der Waals surface area contributed by atoms with Crippen LogP contribution in [-0.4, -0.2) is 41.0 Å². The molecule has 3 N–H and O–H groups in total. The number of hydrogen-bond acceptors (Lipinski definition) is 5. The van der Waals surface area contributed by atoms with E-state index >= 15 is 0 Å². The molecule has 3 aromatic rings. The van der Waals surface area contributed by atoms with Gasteiger partial charge in [-0.3, -0.25) is 14.9 Å². The van der Waals surface area contributed by atoms with E-state index in [-0.39, 0.29) is 18.2 Å². The third-order valence-electron chi connectivity index (χ3n) is 4.37. The van der Waals surface area contributed by atoms with Crippen molar-refractivity contribution in [1.82, 2.24) is 15.3 Å². The summed E-state index contributed by atoms with van der Waals surface area (Å²) in [4.78, 5) is 32.2. The second-order valence-corrected chi connectivity index (χ2v) is 6.70. The number of aromatic amines is 1. The van der Waals surface area contributed by atoms with Crippen LogP contribution in [0.25, 0.3) is 11.0 Å². The van der Waals surface area contributed by atoms with Crippen molar-refractivity contribution in [2.75, 3.05) is 18.5 Å². The van der Waals surface area contributed by atoms with Gasteiger partial charge in [-0.1, -0.05) is 18.2 Å². The number of carbonyl (C=O) groups is 2. The number of anilines is 1. The normalized spacial score (nSPS) is 11.7. The zero-order valence-corrected chi connectivity index (χ0v) is 17.3. The number of benzene rings is 2. The first-order chi connectivity index (χ1) is 14.5. The monoisotopic (exact) mass is 410 g/mol. The minimum atomic E-state index is -0.722. The fourth-order valence-corrected chi connectivity index (χ4v) is 2.99. The van der Waals surface area contributed by atoms with Crippen molar-refractivity contribution < 1.29 is 19.1 Å². The number of nitrogens with one attached hydrogen (secondary N) is 3. The second-order valence-electron chi connectivity index (χ2n) is 6.70. The van der Waals surface area contributed by atoms with E-state index in [1.54, 1.807) is 19.1 Å². The maximum atomic E-state index is 12.4. The van der Waals surface area contributed by atoms with Gasteiger partial charge in [-0.15, -0.1) is 0 Å². The lowest BCUT2D eigenvalue weighted by Gasteiger charge is -2.14. The Morgan fingerprint density at radius 1 is 1.07 bits per heavy atom. The van der Waals surface area contributed by atoms with Gasteiger partial charge in [0.05, 0.1) is 30.7 Å². The largest absolute Gasteiger partial charge is 0.490 e. The Morgan fingerprint density at radius 3 is 2.53 bits per heavy atom. The summed E-state index contributed by atoms with van der Waals surface area (Å²) >= 11 is 0. The molecule has 8 heteroatoms. The number of amides is 2. The summed E-state index contributed by atoms with van der Waals surface area (Å²) in [5.41, 5.74) is 2.35. The molecule has 1 aromatic heterocycles. The van der Waals surface area contributed by atoms with Crippen molar-refractivity contribution in [2.24, 2.45) is 0 Å². The van der Waals surface area contributed by atoms with Crippen LogP contribution in [0.1, 0.15) is 26.3 Å². The van der Waals surface area contributed by atoms with Crippen molar-refractivity contribution in [1.29, 1.82) is 0 Å². The number of ether oxygens (including phenoxy) is 2. The van der Waals surface area contributed by atoms with Gasteiger partial charge in [0.2, 0.25) is 17.8 Å². The van der Waals surface area contributed by atoms with Gasteiger partial charge < -0.3 is 19.8 Å². The highest BCUT2D eigenvalue weighted by Crippen LogP contribution is 2.28. The number of hydrogen-bond donors (Lipinski definition) is 3. The number of aromatic nitrogens is 2. The molecule has 30 heavy (non-hydrogen) atoms. The van der Waals surface area contributed by atoms with Gasteiger partial charge in [0, 0.05) is 0 Å². The molecule has 1 atom stereocenters. The Bertz CT molecular complexity index is 998. The average Bonchev–Trinajstić information content (AvgIpc) is 3.12. The molecular formula is C22H26N4O4. The Labute approximate surface area is 175 Å². The molecule has 1 heterocycles. The van der Waals surface area contributed by atoms with E-state index in [1.807, 2.05) is 44.2 Å². The second kappa shape index (κ2) is 9.78. The summed E-state index contributed by atoms with van der Waals surface area (Å²) in [5.74, 6) is 0.954. The summed E-state index contributed by atoms with van der Waals surface area (Å²) in [6.07, 6.45) is 0.120. The molecule has 0 radical (unpaired) electrons. The lowest BCUT2D eigenvalue weighted by molar-refractivity contribution is -0.125. The van der Waals surface area contributed by atoms with E-state index < -0.39 is 6.04 Å². The van der Waals surface area contributed by atoms with Crippen LogP contribution in [0, 0.1) is 0 Å². The smallest absolute Gasteiger partial charge is 0.248 e. The van der Waals surface area contributed by atoms with E-state index in [9.17, 15) is 9.59 Å². The quantitative estimate of drug-likeness (QED) is 0.503. The van der Waals surface area contributed by atoms with Crippen LogP contribution in [0.2, 0.25) is 0 Å². The first kappa shape index (κ1) is 21.2. The Hall–Kier alpha value is -3.55. The van der Waals surface area contributed by atoms with Crippen LogP contribution < -0.4 is 20.1 Å². The Kier molecular flexibility index (Phi) is 6.90. The number of nitrogens with zero attached hydrogens (tertiary/aromatic N) is 1. The number of para-hydroxylation sites is 2. The highest BCUT2D eigenvalue weighted by molar-refractivity contribution is 5.97. The van der Waals surface area contributed by atoms with Crippen molar-refractivity contribution >= 4 is 28.8 Å². The van der Waals surface area contributed by atoms with Crippen molar-refractivity contribution in [3.8, 4) is 11.5 Å². The summed E-state index contributed by atoms with van der Waals surface area (Å²) in [6.45, 7) is 6.43. The fraction of sp³-hybridized carbons (Fsp3) is 0.318. The summed E-state index contributed by atoms with van der Waals surface area (Å²) in [5, 5.41) is 5.40. The molecule has 0 bridgehead atoms. The van der Waals surface area contributed by atoms with Gasteiger partial charge in [-0.05, 0) is 50.6 Å². The maximum Gasteiger partial charge on any atom is 0.248 e. The zero-order chi connectivity index (χ0) is 21.5. The van der Waals surface area contributed by atoms with Crippen LogP contribution in [0.3, 0.4) is 0 Å². The van der Waals surface area contributed by atoms with Crippen LogP contribution in [0.4, 0.5) is 5.95 Å². The number of H-pyrrole nitrogens is 1. The molecule has 2 amide bonds. The topological polar surface area (TPSA) is 105 Å². The predicted octanol–water partition coefficient (Wildman–Crippen LogP) is 3.05. The summed E-state index contributed by atoms with van der Waals surface area (Å²) in [6, 6.07) is 12.1. The Balaban J connectivity index is 1.58. The number of imidazole rings is 1. The zero-order valence-electron chi connectivity index (χ0n) is 17.3. The van der Waals surface area contributed by atoms with Gasteiger partial charge >= 0.3 is 0 Å². The van der Waals surface area contributed by atoms with Gasteiger partial charge in [0.1, 0.15) is 6.04 Å². The number of carbonyl (C=O) groups excluding carboxylic acids is 2. The molecule has 0 saturated carbocycles. The SMILES string of the molecule is CCOc1ccc(CC(=O)NC(C)C(=O)Nc2nc3ccccc3[nH]2)cc1OCC. The van der Waals surface area contributed by atoms with Crippen molar-refractivity contribution in [3.63, 3.8) is 0 Å². The molecule has 2 aromatic carbocycles. The van der Waals surface area contributed by atoms with Crippen LogP contribution in [0.5, 0.6) is 11.5 Å². The highest BCUT2D eigenvalue weighted by Gasteiger charge is 2.18. The molecule has 1 unspecified atom stereocenters. The van der Waals surface area contributed by atoms with Gasteiger partial charge in [0.25, 0.3) is 0 Å². The van der Waals surface area contributed by atoms with Gasteiger partial charge in [-0.2, -0.15) is 0 Å². The standard InChI is InChI=1S/C22H26N4O4/c1-4-29-18-11-10-15(12-19(18)30-5-2)13-20(27)23-14(3)21(28)26-22-24-16-8-6-7-9-17(16)25-22/h6-12,14H,4-5,13H2,1-3H3,(H,23,27)(H2,24,25,26,28). The predicted molar refractivity (Wildman–Crippen MR) is 115 cm³/mol. The van der Waals surface area contributed by atoms with Crippen LogP contribution >= 0.6 is 0 Å². The average molecular weight is 410 g/mol. The maximum absolute atomic E-state index is 12.4. The lowest BCUT2D eigenvalue weighted by Crippen LogP contribution is -2.42. The number of rotatable bonds is 9. The highest BCUT2D eigenvalue weighted by atomic mass is 16.5. The first-order valence-electron chi connectivity index (χ1n) is 9.93. The van der Waals surface area contributed by atoms with E-state index in [4.69, 9.17) is 9.47 Å². The molecule has 158 valence electrons. The molecule has 0 saturated heterocycles. The van der Waals surface area contributed by atoms with Gasteiger partial charge in [-0.25, -0.2) is 4.98 Å². The minimum absolute atomic E-state index is 0.120. The van der Waals surface area contributed by atoms with Crippen molar-refractivity contribution in [2.45, 2.75) is 33.2 Å². The fourth-order valence-electron chi connectivity index (χ4n) is 2.99. The number of fused-ring (bicyclic) bond motifs is 1. The molecule has 8 nitrogen and oxygen atoms in total. The third kappa shape index (κ3) is 5.28. The lowest BCUT2D eigenvalue weighted by atomic mass is 10.1. The first-order valence-corrected chi connectivity index (χ1v) is 9.93. The molecule has 3 rings (SSSR count). The molecule has 0 spiro atoms. The minimum Gasteiger partial charge on any atom is -0.490 e. The van der Waals surface area contributed by atoms with E-state index in [0.717, 1.165) is 16.6 Å². The Morgan fingerprint density at radius 2 is 1.80 bits per heavy atom. The summed E-state index contributed by atoms with van der Waals surface area (Å²) < 4.78 is 11.1. The molecule has 0 aliphatic rings. The van der Waals surface area contributed by atoms with Crippen LogP contribution in [0.15, 0.2) is 42.5 Å². The van der Waals surface area contributed by atoms with Crippen LogP contribution in [-0.2, 0) is 16.0 Å². The van der Waals surface area contributed by atoms with E-state index in [0.29, 0.717) is 30.7 Å². The van der Waals surface area contributed by atoms with E-state index in [1.165, 1.54) is 0 Å². The summed E-state index contributed by atoms with van der Waals surface area (Å²) in [7, 11) is 0. The van der Waals surface area contributed by atoms with Gasteiger partial charge in [0.15, 0.2) is 11.5 Å². The molecular weight excluding hydrogens is 384 g/mol. The van der Waals surface area contributed by atoms with E-state index in [2.05, 4.69) is 20.6 Å². The molecule has 0 aliphatic carbocycles. The molecule has 0 aliphatic heterocycles. The van der Waals surface area contributed by atoms with Crippen molar-refractivity contribution in [3.05, 3.63) is 48.0 Å². The third-order valence-corrected chi connectivity index (χ3v) is 4.37. The molecule has 0 fully saturated rings.